The van der Waals surface area contributed by atoms with Gasteiger partial charge in [-0.2, -0.15) is 0 Å². The molecule has 0 amide bonds. The summed E-state index contributed by atoms with van der Waals surface area (Å²) >= 11 is 5.85. The van der Waals surface area contributed by atoms with E-state index in [0.29, 0.717) is 5.88 Å². The number of unbranched alkanes of at least 4 members (excludes halogenated alkanes) is 2. The SMILES string of the molecule is CCCCCOc1cc(OC)ccc1CCl. The fourth-order valence-corrected chi connectivity index (χ4v) is 1.66. The molecule has 0 atom stereocenters. The lowest BCUT2D eigenvalue weighted by molar-refractivity contribution is 0.301. The maximum atomic E-state index is 5.85. The third kappa shape index (κ3) is 3.93. The molecule has 3 heteroatoms. The normalized spacial score (nSPS) is 10.2. The zero-order valence-corrected chi connectivity index (χ0v) is 10.7. The Hall–Kier alpha value is -0.890. The molecule has 0 spiro atoms. The molecule has 0 saturated carbocycles. The van der Waals surface area contributed by atoms with E-state index in [2.05, 4.69) is 6.92 Å². The number of rotatable bonds is 7. The monoisotopic (exact) mass is 242 g/mol. The summed E-state index contributed by atoms with van der Waals surface area (Å²) in [5.41, 5.74) is 1.01. The molecule has 16 heavy (non-hydrogen) atoms. The predicted octanol–water partition coefficient (Wildman–Crippen LogP) is 4.00. The molecule has 0 heterocycles. The predicted molar refractivity (Wildman–Crippen MR) is 67.6 cm³/mol. The number of alkyl halides is 1. The molecular weight excluding hydrogens is 224 g/mol. The van der Waals surface area contributed by atoms with Crippen LogP contribution in [0.25, 0.3) is 0 Å². The van der Waals surface area contributed by atoms with Crippen LogP contribution in [0.1, 0.15) is 31.7 Å². The van der Waals surface area contributed by atoms with Crippen LogP contribution in [-0.2, 0) is 5.88 Å². The Morgan fingerprint density at radius 2 is 2.06 bits per heavy atom. The van der Waals surface area contributed by atoms with Gasteiger partial charge in [-0.25, -0.2) is 0 Å². The summed E-state index contributed by atoms with van der Waals surface area (Å²) in [5, 5.41) is 0. The largest absolute Gasteiger partial charge is 0.497 e. The van der Waals surface area contributed by atoms with Crippen LogP contribution < -0.4 is 9.47 Å². The highest BCUT2D eigenvalue weighted by atomic mass is 35.5. The van der Waals surface area contributed by atoms with Crippen LogP contribution in [0.2, 0.25) is 0 Å². The molecule has 0 bridgehead atoms. The molecule has 0 radical (unpaired) electrons. The van der Waals surface area contributed by atoms with Crippen LogP contribution in [-0.4, -0.2) is 13.7 Å². The van der Waals surface area contributed by atoms with Gasteiger partial charge in [0.25, 0.3) is 0 Å². The van der Waals surface area contributed by atoms with Crippen molar-refractivity contribution in [3.8, 4) is 11.5 Å². The van der Waals surface area contributed by atoms with Crippen molar-refractivity contribution < 1.29 is 9.47 Å². The number of ether oxygens (including phenoxy) is 2. The van der Waals surface area contributed by atoms with Crippen LogP contribution in [0.3, 0.4) is 0 Å². The van der Waals surface area contributed by atoms with Gasteiger partial charge in [-0.1, -0.05) is 25.8 Å². The van der Waals surface area contributed by atoms with Crippen molar-refractivity contribution >= 4 is 11.6 Å². The van der Waals surface area contributed by atoms with E-state index in [0.717, 1.165) is 30.1 Å². The molecule has 1 aromatic carbocycles. The average molecular weight is 243 g/mol. The van der Waals surface area contributed by atoms with Gasteiger partial charge >= 0.3 is 0 Å². The number of hydrogen-bond acceptors (Lipinski definition) is 2. The molecule has 0 aliphatic rings. The van der Waals surface area contributed by atoms with E-state index in [1.54, 1.807) is 7.11 Å². The lowest BCUT2D eigenvalue weighted by Crippen LogP contribution is -2.00. The number of benzene rings is 1. The maximum Gasteiger partial charge on any atom is 0.127 e. The first-order valence-electron chi connectivity index (χ1n) is 5.67. The van der Waals surface area contributed by atoms with E-state index in [1.165, 1.54) is 12.8 Å². The highest BCUT2D eigenvalue weighted by molar-refractivity contribution is 6.17. The van der Waals surface area contributed by atoms with E-state index >= 15 is 0 Å². The van der Waals surface area contributed by atoms with Gasteiger partial charge in [-0.05, 0) is 12.5 Å². The number of hydrogen-bond donors (Lipinski definition) is 0. The lowest BCUT2D eigenvalue weighted by atomic mass is 10.2. The molecule has 0 N–H and O–H groups in total. The van der Waals surface area contributed by atoms with Crippen molar-refractivity contribution in [2.75, 3.05) is 13.7 Å². The molecule has 1 aromatic rings. The van der Waals surface area contributed by atoms with Gasteiger partial charge in [-0.15, -0.1) is 11.6 Å². The Balaban J connectivity index is 2.60. The summed E-state index contributed by atoms with van der Waals surface area (Å²) < 4.78 is 10.9. The molecule has 2 nitrogen and oxygen atoms in total. The minimum atomic E-state index is 0.465. The lowest BCUT2D eigenvalue weighted by Gasteiger charge is -2.11. The molecule has 0 aliphatic heterocycles. The summed E-state index contributed by atoms with van der Waals surface area (Å²) in [6.07, 6.45) is 3.47. The topological polar surface area (TPSA) is 18.5 Å². The van der Waals surface area contributed by atoms with E-state index < -0.39 is 0 Å². The minimum absolute atomic E-state index is 0.465. The van der Waals surface area contributed by atoms with Gasteiger partial charge < -0.3 is 9.47 Å². The van der Waals surface area contributed by atoms with Crippen LogP contribution >= 0.6 is 11.6 Å². The highest BCUT2D eigenvalue weighted by Gasteiger charge is 2.04. The van der Waals surface area contributed by atoms with Crippen LogP contribution in [0.5, 0.6) is 11.5 Å². The smallest absolute Gasteiger partial charge is 0.127 e. The second-order valence-corrected chi connectivity index (χ2v) is 3.93. The molecule has 0 unspecified atom stereocenters. The van der Waals surface area contributed by atoms with Gasteiger partial charge in [0.1, 0.15) is 11.5 Å². The van der Waals surface area contributed by atoms with Gasteiger partial charge in [0.2, 0.25) is 0 Å². The zero-order valence-electron chi connectivity index (χ0n) is 9.96. The highest BCUT2D eigenvalue weighted by Crippen LogP contribution is 2.26. The molecule has 0 fully saturated rings. The van der Waals surface area contributed by atoms with Crippen molar-refractivity contribution in [2.24, 2.45) is 0 Å². The Morgan fingerprint density at radius 3 is 2.69 bits per heavy atom. The molecule has 90 valence electrons. The van der Waals surface area contributed by atoms with Crippen molar-refractivity contribution in [1.29, 1.82) is 0 Å². The number of methoxy groups -OCH3 is 1. The third-order valence-corrected chi connectivity index (χ3v) is 2.71. The Morgan fingerprint density at radius 1 is 1.25 bits per heavy atom. The summed E-state index contributed by atoms with van der Waals surface area (Å²) in [5.74, 6) is 2.11. The van der Waals surface area contributed by atoms with E-state index in [1.807, 2.05) is 18.2 Å². The Bertz CT molecular complexity index is 313. The summed E-state index contributed by atoms with van der Waals surface area (Å²) in [4.78, 5) is 0. The van der Waals surface area contributed by atoms with Gasteiger partial charge in [0.15, 0.2) is 0 Å². The van der Waals surface area contributed by atoms with Gasteiger partial charge in [-0.3, -0.25) is 0 Å². The Kier molecular flexibility index (Phi) is 6.09. The second-order valence-electron chi connectivity index (χ2n) is 3.66. The first kappa shape index (κ1) is 13.2. The van der Waals surface area contributed by atoms with Gasteiger partial charge in [0.05, 0.1) is 19.6 Å². The van der Waals surface area contributed by atoms with Crippen LogP contribution in [0.4, 0.5) is 0 Å². The standard InChI is InChI=1S/C13H19ClO2/c1-3-4-5-8-16-13-9-12(15-2)7-6-11(13)10-14/h6-7,9H,3-5,8,10H2,1-2H3. The molecule has 0 saturated heterocycles. The van der Waals surface area contributed by atoms with Crippen molar-refractivity contribution in [3.63, 3.8) is 0 Å². The van der Waals surface area contributed by atoms with Crippen LogP contribution in [0, 0.1) is 0 Å². The van der Waals surface area contributed by atoms with Crippen molar-refractivity contribution in [3.05, 3.63) is 23.8 Å². The molecule has 0 aliphatic carbocycles. The molecular formula is C13H19ClO2. The van der Waals surface area contributed by atoms with Crippen LogP contribution in [0.15, 0.2) is 18.2 Å². The minimum Gasteiger partial charge on any atom is -0.497 e. The van der Waals surface area contributed by atoms with E-state index in [-0.39, 0.29) is 0 Å². The second kappa shape index (κ2) is 7.39. The van der Waals surface area contributed by atoms with Crippen molar-refractivity contribution in [2.45, 2.75) is 32.1 Å². The van der Waals surface area contributed by atoms with Gasteiger partial charge in [0, 0.05) is 11.6 Å². The average Bonchev–Trinajstić information content (AvgIpc) is 2.34. The fourth-order valence-electron chi connectivity index (χ4n) is 1.44. The van der Waals surface area contributed by atoms with E-state index in [9.17, 15) is 0 Å². The first-order valence-corrected chi connectivity index (χ1v) is 6.21. The zero-order chi connectivity index (χ0) is 11.8. The first-order chi connectivity index (χ1) is 7.81. The third-order valence-electron chi connectivity index (χ3n) is 2.42. The summed E-state index contributed by atoms with van der Waals surface area (Å²) in [6, 6.07) is 5.74. The van der Waals surface area contributed by atoms with E-state index in [4.69, 9.17) is 21.1 Å². The fraction of sp³-hybridized carbons (Fsp3) is 0.538. The maximum absolute atomic E-state index is 5.85. The Labute approximate surface area is 103 Å². The molecule has 0 aromatic heterocycles. The number of halogens is 1. The summed E-state index contributed by atoms with van der Waals surface area (Å²) in [7, 11) is 1.65. The quantitative estimate of drug-likeness (QED) is 0.532. The van der Waals surface area contributed by atoms with Crippen molar-refractivity contribution in [1.82, 2.24) is 0 Å². The summed E-state index contributed by atoms with van der Waals surface area (Å²) in [6.45, 7) is 2.92. The molecule has 1 rings (SSSR count).